The van der Waals surface area contributed by atoms with Crippen molar-refractivity contribution in [2.45, 2.75) is 25.9 Å². The Morgan fingerprint density at radius 3 is 2.47 bits per heavy atom. The first kappa shape index (κ1) is 17.9. The van der Waals surface area contributed by atoms with Crippen LogP contribution in [0.1, 0.15) is 13.8 Å². The normalized spacial score (nSPS) is 23.1. The topological polar surface area (TPSA) is 73.5 Å². The van der Waals surface area contributed by atoms with Crippen LogP contribution in [0.2, 0.25) is 0 Å². The van der Waals surface area contributed by atoms with Crippen LogP contribution in [0.25, 0.3) is 0 Å². The van der Waals surface area contributed by atoms with Gasteiger partial charge in [-0.2, -0.15) is 0 Å². The number of imide groups is 1. The Bertz CT molecular complexity index is 315. The third kappa shape index (κ3) is 7.15. The predicted molar refractivity (Wildman–Crippen MR) is 77.5 cm³/mol. The lowest BCUT2D eigenvalue weighted by molar-refractivity contribution is -0.121. The van der Waals surface area contributed by atoms with Gasteiger partial charge in [-0.25, -0.2) is 4.79 Å². The van der Waals surface area contributed by atoms with Crippen molar-refractivity contribution in [3.05, 3.63) is 12.7 Å². The molecule has 1 rings (SSSR count). The van der Waals surface area contributed by atoms with Crippen LogP contribution < -0.4 is 16.0 Å². The maximum atomic E-state index is 11.6. The van der Waals surface area contributed by atoms with Crippen LogP contribution >= 0.6 is 12.4 Å². The number of halogens is 1. The van der Waals surface area contributed by atoms with Crippen LogP contribution in [0.15, 0.2) is 12.7 Å². The molecule has 7 heteroatoms. The van der Waals surface area contributed by atoms with E-state index in [1.54, 1.807) is 6.08 Å². The van der Waals surface area contributed by atoms with Crippen LogP contribution in [-0.2, 0) is 4.79 Å². The van der Waals surface area contributed by atoms with Crippen LogP contribution in [-0.4, -0.2) is 55.1 Å². The van der Waals surface area contributed by atoms with E-state index in [2.05, 4.69) is 36.4 Å². The summed E-state index contributed by atoms with van der Waals surface area (Å²) < 4.78 is 0. The number of nitrogens with one attached hydrogen (secondary N) is 3. The lowest BCUT2D eigenvalue weighted by Gasteiger charge is -2.35. The molecule has 6 nitrogen and oxygen atoms in total. The molecular weight excluding hydrogens is 268 g/mol. The molecule has 3 N–H and O–H groups in total. The van der Waals surface area contributed by atoms with Gasteiger partial charge in [-0.1, -0.05) is 6.08 Å². The van der Waals surface area contributed by atoms with Gasteiger partial charge in [-0.15, -0.1) is 19.0 Å². The minimum absolute atomic E-state index is 0. The Morgan fingerprint density at radius 1 is 1.37 bits per heavy atom. The zero-order valence-electron chi connectivity index (χ0n) is 11.4. The first-order valence-corrected chi connectivity index (χ1v) is 6.18. The molecule has 2 atom stereocenters. The minimum Gasteiger partial charge on any atom is -0.334 e. The highest BCUT2D eigenvalue weighted by Crippen LogP contribution is 2.02. The fourth-order valence-corrected chi connectivity index (χ4v) is 2.15. The zero-order chi connectivity index (χ0) is 13.5. The van der Waals surface area contributed by atoms with Crippen molar-refractivity contribution >= 4 is 24.3 Å². The van der Waals surface area contributed by atoms with Gasteiger partial charge in [0.1, 0.15) is 0 Å². The van der Waals surface area contributed by atoms with Crippen molar-refractivity contribution in [1.82, 2.24) is 20.9 Å². The number of urea groups is 1. The van der Waals surface area contributed by atoms with Gasteiger partial charge in [-0.05, 0) is 13.8 Å². The predicted octanol–water partition coefficient (Wildman–Crippen LogP) is 0.102. The molecule has 1 heterocycles. The number of nitrogens with zero attached hydrogens (tertiary/aromatic N) is 1. The van der Waals surface area contributed by atoms with E-state index in [0.717, 1.165) is 13.1 Å². The quantitative estimate of drug-likeness (QED) is 0.642. The Morgan fingerprint density at radius 2 is 1.95 bits per heavy atom. The van der Waals surface area contributed by atoms with Gasteiger partial charge in [0.15, 0.2) is 0 Å². The van der Waals surface area contributed by atoms with Gasteiger partial charge in [0, 0.05) is 31.7 Å². The zero-order valence-corrected chi connectivity index (χ0v) is 12.3. The molecule has 0 aromatic carbocycles. The summed E-state index contributed by atoms with van der Waals surface area (Å²) in [6.45, 7) is 9.86. The lowest BCUT2D eigenvalue weighted by Crippen LogP contribution is -2.56. The summed E-state index contributed by atoms with van der Waals surface area (Å²) in [4.78, 5) is 24.9. The Hall–Kier alpha value is -1.11. The number of carbonyl (C=O) groups is 2. The number of piperazine rings is 1. The van der Waals surface area contributed by atoms with Gasteiger partial charge < -0.3 is 10.6 Å². The highest BCUT2D eigenvalue weighted by Gasteiger charge is 2.22. The molecular formula is C12H23ClN4O2. The van der Waals surface area contributed by atoms with Crippen LogP contribution in [0.4, 0.5) is 4.79 Å². The molecule has 2 unspecified atom stereocenters. The van der Waals surface area contributed by atoms with Crippen LogP contribution in [0, 0.1) is 0 Å². The molecule has 0 bridgehead atoms. The first-order chi connectivity index (χ1) is 8.51. The van der Waals surface area contributed by atoms with E-state index in [4.69, 9.17) is 0 Å². The van der Waals surface area contributed by atoms with E-state index in [0.29, 0.717) is 18.6 Å². The molecule has 0 aromatic heterocycles. The van der Waals surface area contributed by atoms with E-state index < -0.39 is 6.03 Å². The average molecular weight is 291 g/mol. The molecule has 1 fully saturated rings. The third-order valence-corrected chi connectivity index (χ3v) is 2.66. The second kappa shape index (κ2) is 8.90. The maximum Gasteiger partial charge on any atom is 0.321 e. The summed E-state index contributed by atoms with van der Waals surface area (Å²) in [5.74, 6) is -0.280. The summed E-state index contributed by atoms with van der Waals surface area (Å²) in [5.41, 5.74) is 0. The third-order valence-electron chi connectivity index (χ3n) is 2.66. The number of amides is 3. The molecule has 1 aliphatic heterocycles. The number of hydrogen-bond acceptors (Lipinski definition) is 4. The van der Waals surface area contributed by atoms with Crippen molar-refractivity contribution in [2.24, 2.45) is 0 Å². The van der Waals surface area contributed by atoms with Crippen molar-refractivity contribution in [2.75, 3.05) is 26.2 Å². The summed E-state index contributed by atoms with van der Waals surface area (Å²) in [6.07, 6.45) is 1.56. The van der Waals surface area contributed by atoms with E-state index >= 15 is 0 Å². The Labute approximate surface area is 120 Å². The maximum absolute atomic E-state index is 11.6. The molecule has 0 spiro atoms. The van der Waals surface area contributed by atoms with Crippen molar-refractivity contribution in [1.29, 1.82) is 0 Å². The molecule has 0 saturated carbocycles. The highest BCUT2D eigenvalue weighted by molar-refractivity contribution is 5.95. The minimum atomic E-state index is -0.476. The molecule has 1 aliphatic rings. The average Bonchev–Trinajstić information content (AvgIpc) is 2.24. The molecule has 1 saturated heterocycles. The Balaban J connectivity index is 0.00000324. The molecule has 19 heavy (non-hydrogen) atoms. The summed E-state index contributed by atoms with van der Waals surface area (Å²) in [6, 6.07) is 0.239. The van der Waals surface area contributed by atoms with Crippen molar-refractivity contribution < 1.29 is 9.59 Å². The molecule has 110 valence electrons. The molecule has 3 amide bonds. The number of rotatable bonds is 4. The van der Waals surface area contributed by atoms with Crippen molar-refractivity contribution in [3.8, 4) is 0 Å². The number of hydrogen-bond donors (Lipinski definition) is 3. The van der Waals surface area contributed by atoms with Gasteiger partial charge >= 0.3 is 6.03 Å². The van der Waals surface area contributed by atoms with E-state index in [1.807, 2.05) is 4.90 Å². The fourth-order valence-electron chi connectivity index (χ4n) is 2.15. The fraction of sp³-hybridized carbons (Fsp3) is 0.667. The van der Waals surface area contributed by atoms with E-state index in [-0.39, 0.29) is 24.9 Å². The Kier molecular flexibility index (Phi) is 8.38. The summed E-state index contributed by atoms with van der Waals surface area (Å²) >= 11 is 0. The van der Waals surface area contributed by atoms with E-state index in [9.17, 15) is 9.59 Å². The van der Waals surface area contributed by atoms with Crippen molar-refractivity contribution in [3.63, 3.8) is 0 Å². The smallest absolute Gasteiger partial charge is 0.321 e. The largest absolute Gasteiger partial charge is 0.334 e. The lowest BCUT2D eigenvalue weighted by atomic mass is 10.1. The summed E-state index contributed by atoms with van der Waals surface area (Å²) in [7, 11) is 0. The van der Waals surface area contributed by atoms with E-state index in [1.165, 1.54) is 0 Å². The highest BCUT2D eigenvalue weighted by atomic mass is 35.5. The van der Waals surface area contributed by atoms with Crippen LogP contribution in [0.3, 0.4) is 0 Å². The second-order valence-corrected chi connectivity index (χ2v) is 4.71. The SMILES string of the molecule is C=CCNC(=O)NC(=O)CN1CC(C)NC(C)C1.Cl. The summed E-state index contributed by atoms with van der Waals surface area (Å²) in [5, 5.41) is 8.18. The number of carbonyl (C=O) groups excluding carboxylic acids is 2. The van der Waals surface area contributed by atoms with Gasteiger partial charge in [0.2, 0.25) is 5.91 Å². The van der Waals surface area contributed by atoms with Gasteiger partial charge in [0.05, 0.1) is 6.54 Å². The molecule has 0 aromatic rings. The first-order valence-electron chi connectivity index (χ1n) is 6.18. The monoisotopic (exact) mass is 290 g/mol. The standard InChI is InChI=1S/C12H22N4O2.ClH/c1-4-5-13-12(18)15-11(17)8-16-6-9(2)14-10(3)7-16;/h4,9-10,14H,1,5-8H2,2-3H3,(H2,13,15,17,18);1H. The molecule has 0 aliphatic carbocycles. The van der Waals surface area contributed by atoms with Gasteiger partial charge in [0.25, 0.3) is 0 Å². The molecule has 0 radical (unpaired) electrons. The van der Waals surface area contributed by atoms with Crippen LogP contribution in [0.5, 0.6) is 0 Å². The van der Waals surface area contributed by atoms with Gasteiger partial charge in [-0.3, -0.25) is 15.0 Å². The second-order valence-electron chi connectivity index (χ2n) is 4.71.